The minimum absolute atomic E-state index is 0.0835. The van der Waals surface area contributed by atoms with Crippen molar-refractivity contribution in [3.05, 3.63) is 64.4 Å². The molecule has 0 spiro atoms. The molecule has 1 nitrogen and oxygen atoms in total. The van der Waals surface area contributed by atoms with Crippen molar-refractivity contribution in [3.8, 4) is 0 Å². The van der Waals surface area contributed by atoms with Crippen molar-refractivity contribution in [3.63, 3.8) is 0 Å². The number of benzene rings is 2. The molecule has 112 valence electrons. The third kappa shape index (κ3) is 4.31. The summed E-state index contributed by atoms with van der Waals surface area (Å²) in [6.07, 6.45) is 0.987. The molecule has 0 aliphatic rings. The lowest BCUT2D eigenvalue weighted by Crippen LogP contribution is -2.27. The Morgan fingerprint density at radius 1 is 1.14 bits per heavy atom. The van der Waals surface area contributed by atoms with Crippen molar-refractivity contribution in [2.45, 2.75) is 38.6 Å². The summed E-state index contributed by atoms with van der Waals surface area (Å²) in [6.45, 7) is 6.65. The molecule has 0 saturated heterocycles. The number of nitrogens with one attached hydrogen (secondary N) is 1. The molecule has 0 heterocycles. The van der Waals surface area contributed by atoms with E-state index in [-0.39, 0.29) is 17.3 Å². The van der Waals surface area contributed by atoms with E-state index >= 15 is 0 Å². The normalized spacial score (nSPS) is 13.0. The Bertz CT molecular complexity index is 595. The Hall–Kier alpha value is -1.35. The van der Waals surface area contributed by atoms with E-state index < -0.39 is 0 Å². The second-order valence-corrected chi connectivity index (χ2v) is 6.98. The number of hydrogen-bond acceptors (Lipinski definition) is 1. The Balaban J connectivity index is 2.06. The lowest BCUT2D eigenvalue weighted by Gasteiger charge is -2.30. The quantitative estimate of drug-likeness (QED) is 0.723. The zero-order valence-corrected chi connectivity index (χ0v) is 14.2. The second-order valence-electron chi connectivity index (χ2n) is 6.12. The monoisotopic (exact) mass is 349 g/mol. The van der Waals surface area contributed by atoms with Crippen LogP contribution in [0.4, 0.5) is 10.1 Å². The van der Waals surface area contributed by atoms with Crippen LogP contribution in [0.5, 0.6) is 0 Å². The highest BCUT2D eigenvalue weighted by molar-refractivity contribution is 9.10. The molecule has 2 aromatic carbocycles. The van der Waals surface area contributed by atoms with Crippen molar-refractivity contribution in [1.29, 1.82) is 0 Å². The molecule has 0 aromatic heterocycles. The van der Waals surface area contributed by atoms with Gasteiger partial charge in [-0.05, 0) is 58.5 Å². The van der Waals surface area contributed by atoms with Gasteiger partial charge in [0.15, 0.2) is 0 Å². The first-order valence-corrected chi connectivity index (χ1v) is 7.95. The maximum atomic E-state index is 13.1. The zero-order chi connectivity index (χ0) is 15.5. The van der Waals surface area contributed by atoms with Gasteiger partial charge in [0, 0.05) is 16.2 Å². The topological polar surface area (TPSA) is 12.0 Å². The van der Waals surface area contributed by atoms with Crippen molar-refractivity contribution in [2.24, 2.45) is 0 Å². The van der Waals surface area contributed by atoms with Gasteiger partial charge in [-0.25, -0.2) is 4.39 Å². The zero-order valence-electron chi connectivity index (χ0n) is 12.7. The summed E-state index contributed by atoms with van der Waals surface area (Å²) in [5.41, 5.74) is 2.34. The van der Waals surface area contributed by atoms with Crippen LogP contribution in [0.1, 0.15) is 32.8 Å². The Labute approximate surface area is 134 Å². The standard InChI is InChI=1S/C18H21BrFN/c1-13(21-17-10-9-15(20)11-16(17)19)12-18(2,3)14-7-5-4-6-8-14/h4-11,13,21H,12H2,1-3H3. The molecule has 0 fully saturated rings. The van der Waals surface area contributed by atoms with Crippen LogP contribution in [0.15, 0.2) is 53.0 Å². The van der Waals surface area contributed by atoms with E-state index in [9.17, 15) is 4.39 Å². The highest BCUT2D eigenvalue weighted by Crippen LogP contribution is 2.30. The molecular weight excluding hydrogens is 329 g/mol. The summed E-state index contributed by atoms with van der Waals surface area (Å²) in [5, 5.41) is 3.45. The van der Waals surface area contributed by atoms with Crippen molar-refractivity contribution < 1.29 is 4.39 Å². The number of halogens is 2. The van der Waals surface area contributed by atoms with Gasteiger partial charge >= 0.3 is 0 Å². The van der Waals surface area contributed by atoms with Gasteiger partial charge in [0.1, 0.15) is 5.82 Å². The van der Waals surface area contributed by atoms with Crippen LogP contribution >= 0.6 is 15.9 Å². The van der Waals surface area contributed by atoms with Crippen molar-refractivity contribution in [2.75, 3.05) is 5.32 Å². The molecule has 1 N–H and O–H groups in total. The van der Waals surface area contributed by atoms with E-state index in [2.05, 4.69) is 66.3 Å². The molecule has 0 aliphatic carbocycles. The Morgan fingerprint density at radius 3 is 2.43 bits per heavy atom. The fraction of sp³-hybridized carbons (Fsp3) is 0.333. The first kappa shape index (κ1) is 16.0. The van der Waals surface area contributed by atoms with Crippen LogP contribution < -0.4 is 5.32 Å². The van der Waals surface area contributed by atoms with Crippen LogP contribution in [0, 0.1) is 5.82 Å². The minimum atomic E-state index is -0.232. The molecule has 1 unspecified atom stereocenters. The second kappa shape index (κ2) is 6.61. The van der Waals surface area contributed by atoms with Crippen LogP contribution in [0.3, 0.4) is 0 Å². The molecule has 2 aromatic rings. The first-order chi connectivity index (χ1) is 9.88. The first-order valence-electron chi connectivity index (χ1n) is 7.15. The molecule has 3 heteroatoms. The maximum Gasteiger partial charge on any atom is 0.124 e. The highest BCUT2D eigenvalue weighted by Gasteiger charge is 2.23. The number of anilines is 1. The van der Waals surface area contributed by atoms with E-state index in [4.69, 9.17) is 0 Å². The van der Waals surface area contributed by atoms with Crippen LogP contribution in [-0.2, 0) is 5.41 Å². The smallest absolute Gasteiger partial charge is 0.124 e. The van der Waals surface area contributed by atoms with E-state index in [1.165, 1.54) is 17.7 Å². The molecule has 0 bridgehead atoms. The van der Waals surface area contributed by atoms with Gasteiger partial charge in [0.25, 0.3) is 0 Å². The molecule has 21 heavy (non-hydrogen) atoms. The summed E-state index contributed by atoms with van der Waals surface area (Å²) >= 11 is 3.40. The number of rotatable bonds is 5. The van der Waals surface area contributed by atoms with Gasteiger partial charge in [0.05, 0.1) is 0 Å². The highest BCUT2D eigenvalue weighted by atomic mass is 79.9. The largest absolute Gasteiger partial charge is 0.382 e. The Kier molecular flexibility index (Phi) is 5.04. The SMILES string of the molecule is CC(CC(C)(C)c1ccccc1)Nc1ccc(F)cc1Br. The molecule has 0 radical (unpaired) electrons. The molecule has 0 saturated carbocycles. The van der Waals surface area contributed by atoms with Crippen LogP contribution in [0.25, 0.3) is 0 Å². The van der Waals surface area contributed by atoms with Gasteiger partial charge in [-0.3, -0.25) is 0 Å². The van der Waals surface area contributed by atoms with Gasteiger partial charge in [-0.15, -0.1) is 0 Å². The predicted octanol–water partition coefficient (Wildman–Crippen LogP) is 5.76. The van der Waals surface area contributed by atoms with Gasteiger partial charge in [-0.1, -0.05) is 44.2 Å². The summed E-state index contributed by atoms with van der Waals surface area (Å²) in [6, 6.07) is 15.5. The minimum Gasteiger partial charge on any atom is -0.382 e. The van der Waals surface area contributed by atoms with Gasteiger partial charge in [-0.2, -0.15) is 0 Å². The third-order valence-electron chi connectivity index (χ3n) is 3.70. The lowest BCUT2D eigenvalue weighted by atomic mass is 9.79. The fourth-order valence-corrected chi connectivity index (χ4v) is 3.16. The lowest BCUT2D eigenvalue weighted by molar-refractivity contribution is 0.450. The molecule has 0 amide bonds. The molecule has 1 atom stereocenters. The maximum absolute atomic E-state index is 13.1. The molecular formula is C18H21BrFN. The fourth-order valence-electron chi connectivity index (χ4n) is 2.70. The third-order valence-corrected chi connectivity index (χ3v) is 4.36. The summed E-state index contributed by atoms with van der Waals surface area (Å²) in [5.74, 6) is -0.232. The summed E-state index contributed by atoms with van der Waals surface area (Å²) in [4.78, 5) is 0. The Morgan fingerprint density at radius 2 is 1.81 bits per heavy atom. The van der Waals surface area contributed by atoms with E-state index in [1.54, 1.807) is 6.07 Å². The van der Waals surface area contributed by atoms with Crippen molar-refractivity contribution in [1.82, 2.24) is 0 Å². The van der Waals surface area contributed by atoms with Crippen LogP contribution in [0.2, 0.25) is 0 Å². The average Bonchev–Trinajstić information content (AvgIpc) is 2.42. The number of hydrogen-bond donors (Lipinski definition) is 1. The molecule has 2 rings (SSSR count). The van der Waals surface area contributed by atoms with E-state index in [0.29, 0.717) is 0 Å². The summed E-state index contributed by atoms with van der Waals surface area (Å²) < 4.78 is 13.9. The van der Waals surface area contributed by atoms with E-state index in [0.717, 1.165) is 16.6 Å². The van der Waals surface area contributed by atoms with Crippen LogP contribution in [-0.4, -0.2) is 6.04 Å². The van der Waals surface area contributed by atoms with Gasteiger partial charge in [0.2, 0.25) is 0 Å². The summed E-state index contributed by atoms with van der Waals surface area (Å²) in [7, 11) is 0. The van der Waals surface area contributed by atoms with Crippen molar-refractivity contribution >= 4 is 21.6 Å². The average molecular weight is 350 g/mol. The van der Waals surface area contributed by atoms with Gasteiger partial charge < -0.3 is 5.32 Å². The predicted molar refractivity (Wildman–Crippen MR) is 91.3 cm³/mol. The molecule has 0 aliphatic heterocycles. The van der Waals surface area contributed by atoms with E-state index in [1.807, 2.05) is 6.07 Å².